The van der Waals surface area contributed by atoms with Crippen LogP contribution < -0.4 is 0 Å². The largest absolute Gasteiger partial charge is 0.358 e. The number of nitrogens with one attached hydrogen (secondary N) is 1. The highest BCUT2D eigenvalue weighted by molar-refractivity contribution is 6.34. The maximum Gasteiger partial charge on any atom is 0.153 e. The lowest BCUT2D eigenvalue weighted by molar-refractivity contribution is 0.112. The van der Waals surface area contributed by atoms with Crippen molar-refractivity contribution in [2.24, 2.45) is 0 Å². The summed E-state index contributed by atoms with van der Waals surface area (Å²) in [7, 11) is 0. The number of aromatic nitrogens is 2. The molecule has 0 aliphatic heterocycles. The Morgan fingerprint density at radius 1 is 1.62 bits per heavy atom. The molecule has 2 aromatic heterocycles. The predicted molar refractivity (Wildman–Crippen MR) is 51.2 cm³/mol. The van der Waals surface area contributed by atoms with Crippen LogP contribution in [0, 0.1) is 6.92 Å². The molecular formula is C9H7ClN2O. The SMILES string of the molecule is Cc1cnc(Cl)c2[nH]cc(C=O)c12. The fourth-order valence-corrected chi connectivity index (χ4v) is 1.60. The minimum atomic E-state index is 0.397. The van der Waals surface area contributed by atoms with Crippen molar-refractivity contribution in [2.75, 3.05) is 0 Å². The van der Waals surface area contributed by atoms with Gasteiger partial charge < -0.3 is 4.98 Å². The number of aryl methyl sites for hydroxylation is 1. The van der Waals surface area contributed by atoms with Crippen LogP contribution in [0.4, 0.5) is 0 Å². The summed E-state index contributed by atoms with van der Waals surface area (Å²) in [6.45, 7) is 1.90. The van der Waals surface area contributed by atoms with E-state index in [9.17, 15) is 4.79 Å². The third kappa shape index (κ3) is 1.12. The van der Waals surface area contributed by atoms with Crippen molar-refractivity contribution < 1.29 is 4.79 Å². The van der Waals surface area contributed by atoms with Crippen molar-refractivity contribution in [3.8, 4) is 0 Å². The number of aldehydes is 1. The Morgan fingerprint density at radius 3 is 3.08 bits per heavy atom. The second-order valence-corrected chi connectivity index (χ2v) is 3.20. The molecule has 0 radical (unpaired) electrons. The van der Waals surface area contributed by atoms with Crippen LogP contribution in [-0.2, 0) is 0 Å². The zero-order chi connectivity index (χ0) is 9.42. The molecule has 3 nitrogen and oxygen atoms in total. The van der Waals surface area contributed by atoms with E-state index in [2.05, 4.69) is 9.97 Å². The lowest BCUT2D eigenvalue weighted by Crippen LogP contribution is -1.83. The topological polar surface area (TPSA) is 45.8 Å². The quantitative estimate of drug-likeness (QED) is 0.560. The Bertz CT molecular complexity index is 476. The normalized spacial score (nSPS) is 10.6. The van der Waals surface area contributed by atoms with E-state index in [1.165, 1.54) is 0 Å². The Morgan fingerprint density at radius 2 is 2.38 bits per heavy atom. The summed E-state index contributed by atoms with van der Waals surface area (Å²) in [4.78, 5) is 17.6. The number of halogens is 1. The fourth-order valence-electron chi connectivity index (χ4n) is 1.40. The molecule has 13 heavy (non-hydrogen) atoms. The molecule has 0 aliphatic rings. The van der Waals surface area contributed by atoms with Crippen LogP contribution in [0.3, 0.4) is 0 Å². The van der Waals surface area contributed by atoms with E-state index < -0.39 is 0 Å². The lowest BCUT2D eigenvalue weighted by Gasteiger charge is -1.97. The van der Waals surface area contributed by atoms with Crippen molar-refractivity contribution in [1.29, 1.82) is 0 Å². The second kappa shape index (κ2) is 2.85. The van der Waals surface area contributed by atoms with Gasteiger partial charge in [-0.15, -0.1) is 0 Å². The fraction of sp³-hybridized carbons (Fsp3) is 0.111. The summed E-state index contributed by atoms with van der Waals surface area (Å²) >= 11 is 5.84. The van der Waals surface area contributed by atoms with Gasteiger partial charge in [-0.05, 0) is 12.5 Å². The zero-order valence-electron chi connectivity index (χ0n) is 6.97. The number of H-pyrrole nitrogens is 1. The Labute approximate surface area is 79.7 Å². The molecule has 2 heterocycles. The molecule has 0 spiro atoms. The molecule has 0 amide bonds. The number of aromatic amines is 1. The van der Waals surface area contributed by atoms with Gasteiger partial charge in [0.05, 0.1) is 5.52 Å². The molecule has 66 valence electrons. The van der Waals surface area contributed by atoms with E-state index >= 15 is 0 Å². The van der Waals surface area contributed by atoms with Crippen molar-refractivity contribution >= 4 is 28.8 Å². The third-order valence-corrected chi connectivity index (χ3v) is 2.30. The molecule has 4 heteroatoms. The van der Waals surface area contributed by atoms with Gasteiger partial charge in [0.2, 0.25) is 0 Å². The summed E-state index contributed by atoms with van der Waals surface area (Å²) in [5, 5.41) is 1.25. The smallest absolute Gasteiger partial charge is 0.153 e. The van der Waals surface area contributed by atoms with E-state index in [0.717, 1.165) is 22.8 Å². The van der Waals surface area contributed by atoms with Gasteiger partial charge in [-0.2, -0.15) is 0 Å². The first-order valence-electron chi connectivity index (χ1n) is 3.81. The molecule has 1 N–H and O–H groups in total. The number of fused-ring (bicyclic) bond motifs is 1. The first-order valence-corrected chi connectivity index (χ1v) is 4.19. The predicted octanol–water partition coefficient (Wildman–Crippen LogP) is 2.34. The Kier molecular flexibility index (Phi) is 1.81. The van der Waals surface area contributed by atoms with Crippen LogP contribution in [0.1, 0.15) is 15.9 Å². The highest BCUT2D eigenvalue weighted by atomic mass is 35.5. The van der Waals surface area contributed by atoms with Gasteiger partial charge >= 0.3 is 0 Å². The summed E-state index contributed by atoms with van der Waals surface area (Å²) in [5.74, 6) is 0. The van der Waals surface area contributed by atoms with Crippen LogP contribution in [0.5, 0.6) is 0 Å². The van der Waals surface area contributed by atoms with E-state index in [0.29, 0.717) is 10.7 Å². The Hall–Kier alpha value is -1.35. The Balaban J connectivity index is 2.95. The first-order chi connectivity index (χ1) is 6.24. The molecule has 2 rings (SSSR count). The van der Waals surface area contributed by atoms with Gasteiger partial charge in [0.1, 0.15) is 0 Å². The van der Waals surface area contributed by atoms with E-state index in [4.69, 9.17) is 11.6 Å². The number of carbonyl (C=O) groups excluding carboxylic acids is 1. The molecule has 0 unspecified atom stereocenters. The molecule has 0 fully saturated rings. The molecule has 0 atom stereocenters. The molecule has 0 aromatic carbocycles. The average Bonchev–Trinajstić information content (AvgIpc) is 2.56. The maximum absolute atomic E-state index is 10.7. The highest BCUT2D eigenvalue weighted by Crippen LogP contribution is 2.25. The van der Waals surface area contributed by atoms with Gasteiger partial charge in [0.15, 0.2) is 11.4 Å². The minimum Gasteiger partial charge on any atom is -0.358 e. The lowest BCUT2D eigenvalue weighted by atomic mass is 10.1. The molecule has 2 aromatic rings. The maximum atomic E-state index is 10.7. The number of carbonyl (C=O) groups is 1. The van der Waals surface area contributed by atoms with Gasteiger partial charge in [0, 0.05) is 23.3 Å². The summed E-state index contributed by atoms with van der Waals surface area (Å²) < 4.78 is 0. The van der Waals surface area contributed by atoms with Crippen LogP contribution in [0.2, 0.25) is 5.15 Å². The number of rotatable bonds is 1. The number of hydrogen-bond acceptors (Lipinski definition) is 2. The summed E-state index contributed by atoms with van der Waals surface area (Å²) in [5.41, 5.74) is 2.29. The average molecular weight is 195 g/mol. The van der Waals surface area contributed by atoms with Crippen molar-refractivity contribution in [3.05, 3.63) is 28.7 Å². The zero-order valence-corrected chi connectivity index (χ0v) is 7.72. The number of hydrogen-bond donors (Lipinski definition) is 1. The van der Waals surface area contributed by atoms with Crippen LogP contribution >= 0.6 is 11.6 Å². The van der Waals surface area contributed by atoms with Gasteiger partial charge in [-0.25, -0.2) is 4.98 Å². The molecule has 0 saturated carbocycles. The van der Waals surface area contributed by atoms with Crippen LogP contribution in [-0.4, -0.2) is 16.3 Å². The highest BCUT2D eigenvalue weighted by Gasteiger charge is 2.08. The molecule has 0 aliphatic carbocycles. The van der Waals surface area contributed by atoms with Crippen molar-refractivity contribution in [2.45, 2.75) is 6.92 Å². The van der Waals surface area contributed by atoms with Crippen LogP contribution in [0.15, 0.2) is 12.4 Å². The van der Waals surface area contributed by atoms with Gasteiger partial charge in [0.25, 0.3) is 0 Å². The molecule has 0 bridgehead atoms. The summed E-state index contributed by atoms with van der Waals surface area (Å²) in [6, 6.07) is 0. The van der Waals surface area contributed by atoms with Crippen LogP contribution in [0.25, 0.3) is 10.9 Å². The number of pyridine rings is 1. The standard InChI is InChI=1S/C9H7ClN2O/c1-5-2-12-9(10)8-7(5)6(4-13)3-11-8/h2-4,11H,1H3. The molecule has 0 saturated heterocycles. The van der Waals surface area contributed by atoms with Gasteiger partial charge in [-0.1, -0.05) is 11.6 Å². The third-order valence-electron chi connectivity index (χ3n) is 2.01. The summed E-state index contributed by atoms with van der Waals surface area (Å²) in [6.07, 6.45) is 4.10. The number of nitrogens with zero attached hydrogens (tertiary/aromatic N) is 1. The monoisotopic (exact) mass is 194 g/mol. The van der Waals surface area contributed by atoms with Crippen molar-refractivity contribution in [1.82, 2.24) is 9.97 Å². The minimum absolute atomic E-state index is 0.397. The van der Waals surface area contributed by atoms with E-state index in [-0.39, 0.29) is 0 Å². The van der Waals surface area contributed by atoms with E-state index in [1.807, 2.05) is 6.92 Å². The molecular weight excluding hydrogens is 188 g/mol. The van der Waals surface area contributed by atoms with Gasteiger partial charge in [-0.3, -0.25) is 4.79 Å². The second-order valence-electron chi connectivity index (χ2n) is 2.84. The van der Waals surface area contributed by atoms with E-state index in [1.54, 1.807) is 12.4 Å². The van der Waals surface area contributed by atoms with Crippen molar-refractivity contribution in [3.63, 3.8) is 0 Å². The first kappa shape index (κ1) is 8.26.